The molecule has 2 bridgehead atoms. The van der Waals surface area contributed by atoms with Crippen LogP contribution in [-0.2, 0) is 16.0 Å². The van der Waals surface area contributed by atoms with E-state index in [4.69, 9.17) is 19.2 Å². The highest BCUT2D eigenvalue weighted by molar-refractivity contribution is 6.30. The molecular weight excluding hydrogens is 757 g/mol. The van der Waals surface area contributed by atoms with E-state index < -0.39 is 46.2 Å². The smallest absolute Gasteiger partial charge is 0.246 e. The van der Waals surface area contributed by atoms with Crippen molar-refractivity contribution in [2.75, 3.05) is 20.3 Å². The number of carbonyl (C=O) groups is 3. The molecule has 60 heavy (non-hydrogen) atoms. The molecule has 1 spiro atoms. The number of nitrogens with one attached hydrogen (secondary N) is 1. The summed E-state index contributed by atoms with van der Waals surface area (Å²) < 4.78 is 21.2. The second kappa shape index (κ2) is 15.1. The fourth-order valence-corrected chi connectivity index (χ4v) is 10.9. The van der Waals surface area contributed by atoms with Crippen molar-refractivity contribution >= 4 is 35.0 Å². The number of aliphatic imine (C=N–C) groups is 1. The number of hydrogen-bond donors (Lipinski definition) is 3. The van der Waals surface area contributed by atoms with Gasteiger partial charge in [-0.3, -0.25) is 19.4 Å². The molecule has 316 valence electrons. The number of allylic oxidation sites excluding steroid dienone is 4. The number of amides is 1. The van der Waals surface area contributed by atoms with E-state index in [0.29, 0.717) is 63.8 Å². The van der Waals surface area contributed by atoms with Gasteiger partial charge >= 0.3 is 0 Å². The molecule has 7 unspecified atom stereocenters. The third kappa shape index (κ3) is 6.11. The van der Waals surface area contributed by atoms with Crippen LogP contribution in [0.2, 0.25) is 0 Å². The van der Waals surface area contributed by atoms with Gasteiger partial charge in [0.2, 0.25) is 5.91 Å². The molecule has 0 aromatic heterocycles. The summed E-state index contributed by atoms with van der Waals surface area (Å²) in [5.41, 5.74) is 3.38. The van der Waals surface area contributed by atoms with E-state index in [1.807, 2.05) is 38.1 Å². The Bertz CT molecular complexity index is 2390. The molecule has 9 rings (SSSR count). The Morgan fingerprint density at radius 1 is 1.03 bits per heavy atom. The number of rotatable bonds is 12. The molecule has 0 radical (unpaired) electrons. The van der Waals surface area contributed by atoms with Crippen molar-refractivity contribution in [1.82, 2.24) is 5.32 Å². The zero-order valence-corrected chi connectivity index (χ0v) is 36.3. The fraction of sp³-hybridized carbons (Fsp3) is 0.480. The third-order valence-corrected chi connectivity index (χ3v) is 13.8. The summed E-state index contributed by atoms with van der Waals surface area (Å²) in [5, 5.41) is 25.6. The van der Waals surface area contributed by atoms with Gasteiger partial charge in [0.1, 0.15) is 22.8 Å². The van der Waals surface area contributed by atoms with E-state index in [-0.39, 0.29) is 37.2 Å². The van der Waals surface area contributed by atoms with E-state index in [0.717, 1.165) is 35.1 Å². The monoisotopic (exact) mass is 814 g/mol. The van der Waals surface area contributed by atoms with Crippen LogP contribution >= 0.6 is 0 Å². The number of methoxy groups -OCH3 is 1. The second-order valence-electron chi connectivity index (χ2n) is 18.5. The largest absolute Gasteiger partial charge is 0.495 e. The minimum atomic E-state index is -2.16. The molecule has 4 aliphatic carbocycles. The highest BCUT2D eigenvalue weighted by atomic mass is 16.5. The van der Waals surface area contributed by atoms with Gasteiger partial charge in [0.25, 0.3) is 0 Å². The second-order valence-corrected chi connectivity index (χ2v) is 18.5. The van der Waals surface area contributed by atoms with Gasteiger partial charge in [-0.1, -0.05) is 67.5 Å². The molecular formula is C50H58N2O8. The maximum Gasteiger partial charge on any atom is 0.246 e. The molecule has 10 heteroatoms. The first-order chi connectivity index (χ1) is 28.5. The molecule has 2 aromatic rings. The van der Waals surface area contributed by atoms with Crippen molar-refractivity contribution in [3.63, 3.8) is 0 Å². The molecule has 3 N–H and O–H groups in total. The third-order valence-electron chi connectivity index (χ3n) is 13.8. The van der Waals surface area contributed by atoms with E-state index in [9.17, 15) is 19.8 Å². The molecule has 2 aromatic carbocycles. The number of hydrogen-bond acceptors (Lipinski definition) is 9. The number of benzene rings is 2. The minimum absolute atomic E-state index is 0.0659. The standard InChI is InChI=1S/C50H58N2O8/c1-26(2)13-12-20-48(8)21-19-33-43(59-48)32(17-16-27(3)4)45-38(44(33)58-9)41-39-36(37-40(52-41)30-14-10-11-15-31(30)42(37)54)34-25-35(28(5)6)50(39,60-45)49(57,46(34)55)22-18-29(7)47(56)51-23-24-53/h10-11,13-16,18-19,21,28,34-37,53,57H,12,17,20,22-25H2,1-9H3,(H,51,56)/b29-18-. The van der Waals surface area contributed by atoms with Gasteiger partial charge in [0, 0.05) is 58.6 Å². The van der Waals surface area contributed by atoms with Crippen molar-refractivity contribution in [3.8, 4) is 17.2 Å². The SMILES string of the molecule is COc1c2c(c(CC=C(C)C)c3c1C1=C4C(C5CC(C(C)C)C4(O3)C(O)(C/C=C(/C)C(=O)NCCO)C5=O)C3C(=O)c4ccccc4C3=N1)OC(C)(CCC=C(C)C)C=C2. The van der Waals surface area contributed by atoms with Crippen LogP contribution in [0.25, 0.3) is 11.8 Å². The lowest BCUT2D eigenvalue weighted by Crippen LogP contribution is -2.79. The Hall–Kier alpha value is -5.06. The number of fused-ring (bicyclic) bond motifs is 8. The molecule has 0 saturated heterocycles. The van der Waals surface area contributed by atoms with Crippen LogP contribution in [0, 0.1) is 29.6 Å². The Morgan fingerprint density at radius 3 is 2.42 bits per heavy atom. The summed E-state index contributed by atoms with van der Waals surface area (Å²) in [6.07, 6.45) is 12.2. The molecule has 10 nitrogen and oxygen atoms in total. The van der Waals surface area contributed by atoms with E-state index >= 15 is 4.79 Å². The summed E-state index contributed by atoms with van der Waals surface area (Å²) in [5.74, 6) is -1.92. The summed E-state index contributed by atoms with van der Waals surface area (Å²) >= 11 is 0. The first-order valence-electron chi connectivity index (χ1n) is 21.4. The van der Waals surface area contributed by atoms with E-state index in [1.165, 1.54) is 5.57 Å². The van der Waals surface area contributed by atoms with Crippen molar-refractivity contribution in [1.29, 1.82) is 0 Å². The van der Waals surface area contributed by atoms with Crippen LogP contribution < -0.4 is 19.5 Å². The molecule has 7 atom stereocenters. The van der Waals surface area contributed by atoms with Crippen molar-refractivity contribution in [2.45, 2.75) is 104 Å². The van der Waals surface area contributed by atoms with Gasteiger partial charge in [-0.2, -0.15) is 0 Å². The average molecular weight is 815 g/mol. The quantitative estimate of drug-likeness (QED) is 0.145. The number of aliphatic hydroxyl groups excluding tert-OH is 1. The maximum atomic E-state index is 15.4. The maximum absolute atomic E-state index is 15.4. The zero-order chi connectivity index (χ0) is 43.1. The number of Topliss-reactive ketones (excluding diaryl/α,β-unsaturated/α-hetero) is 2. The van der Waals surface area contributed by atoms with Crippen LogP contribution in [0.1, 0.15) is 114 Å². The predicted molar refractivity (Wildman–Crippen MR) is 232 cm³/mol. The van der Waals surface area contributed by atoms with Crippen LogP contribution in [0.5, 0.6) is 17.2 Å². The first-order valence-corrected chi connectivity index (χ1v) is 21.4. The average Bonchev–Trinajstić information content (AvgIpc) is 3.50. The van der Waals surface area contributed by atoms with Crippen LogP contribution in [0.3, 0.4) is 0 Å². The lowest BCUT2D eigenvalue weighted by Gasteiger charge is -2.66. The van der Waals surface area contributed by atoms with Gasteiger partial charge in [0.05, 0.1) is 42.2 Å². The topological polar surface area (TPSA) is 144 Å². The number of ether oxygens (including phenoxy) is 3. The lowest BCUT2D eigenvalue weighted by molar-refractivity contribution is -0.212. The zero-order valence-electron chi connectivity index (χ0n) is 36.3. The van der Waals surface area contributed by atoms with E-state index in [2.05, 4.69) is 64.2 Å². The van der Waals surface area contributed by atoms with Gasteiger partial charge in [-0.15, -0.1) is 0 Å². The molecule has 3 aliphatic heterocycles. The number of carbonyl (C=O) groups excluding carboxylic acids is 3. The van der Waals surface area contributed by atoms with Gasteiger partial charge in [-0.05, 0) is 85.3 Å². The Labute approximate surface area is 353 Å². The number of nitrogens with zero attached hydrogens (tertiary/aromatic N) is 1. The number of ketones is 2. The van der Waals surface area contributed by atoms with Gasteiger partial charge in [0.15, 0.2) is 22.8 Å². The predicted octanol–water partition coefficient (Wildman–Crippen LogP) is 7.94. The molecule has 3 fully saturated rings. The van der Waals surface area contributed by atoms with Gasteiger partial charge in [-0.25, -0.2) is 0 Å². The fourth-order valence-electron chi connectivity index (χ4n) is 10.9. The Morgan fingerprint density at radius 2 is 1.75 bits per heavy atom. The van der Waals surface area contributed by atoms with Crippen molar-refractivity contribution in [2.24, 2.45) is 34.6 Å². The molecule has 3 saturated carbocycles. The minimum Gasteiger partial charge on any atom is -0.495 e. The molecule has 1 amide bonds. The lowest BCUT2D eigenvalue weighted by atomic mass is 9.42. The number of aliphatic hydroxyl groups is 2. The normalized spacial score (nSPS) is 29.1. The summed E-state index contributed by atoms with van der Waals surface area (Å²) in [4.78, 5) is 48.7. The highest BCUT2D eigenvalue weighted by Gasteiger charge is 2.77. The first kappa shape index (κ1) is 41.7. The van der Waals surface area contributed by atoms with Gasteiger partial charge < -0.3 is 29.7 Å². The molecule has 7 aliphatic rings. The summed E-state index contributed by atoms with van der Waals surface area (Å²) in [7, 11) is 1.63. The molecule has 3 heterocycles. The highest BCUT2D eigenvalue weighted by Crippen LogP contribution is 2.70. The van der Waals surface area contributed by atoms with E-state index in [1.54, 1.807) is 20.1 Å². The Kier molecular flexibility index (Phi) is 10.5. The van der Waals surface area contributed by atoms with Crippen LogP contribution in [0.15, 0.2) is 75.9 Å². The summed E-state index contributed by atoms with van der Waals surface area (Å²) in [6.45, 7) is 16.0. The van der Waals surface area contributed by atoms with Crippen molar-refractivity contribution < 1.29 is 38.8 Å². The van der Waals surface area contributed by atoms with Crippen LogP contribution in [-0.4, -0.2) is 70.5 Å². The van der Waals surface area contributed by atoms with Crippen molar-refractivity contribution in [3.05, 3.63) is 98.7 Å². The summed E-state index contributed by atoms with van der Waals surface area (Å²) in [6, 6.07) is 7.51. The Balaban J connectivity index is 1.45. The van der Waals surface area contributed by atoms with Crippen LogP contribution in [0.4, 0.5) is 0 Å².